The van der Waals surface area contributed by atoms with Gasteiger partial charge in [0.25, 0.3) is 0 Å². The summed E-state index contributed by atoms with van der Waals surface area (Å²) in [6.07, 6.45) is 1.24. The molecule has 0 saturated carbocycles. The molecule has 3 heteroatoms. The lowest BCUT2D eigenvalue weighted by Gasteiger charge is -2.30. The summed E-state index contributed by atoms with van der Waals surface area (Å²) in [5, 5.41) is 3.69. The van der Waals surface area contributed by atoms with Crippen LogP contribution in [0.15, 0.2) is 28.7 Å². The van der Waals surface area contributed by atoms with Crippen LogP contribution < -0.4 is 5.32 Å². The Bertz CT molecular complexity index is 388. The van der Waals surface area contributed by atoms with Crippen LogP contribution >= 0.6 is 15.9 Å². The zero-order valence-corrected chi connectivity index (χ0v) is 13.8. The summed E-state index contributed by atoms with van der Waals surface area (Å²) in [4.78, 5) is 2.62. The van der Waals surface area contributed by atoms with E-state index in [0.717, 1.165) is 24.1 Å². The Kier molecular flexibility index (Phi) is 5.43. The fourth-order valence-electron chi connectivity index (χ4n) is 2.65. The Morgan fingerprint density at radius 1 is 1.32 bits per heavy atom. The second-order valence-electron chi connectivity index (χ2n) is 6.00. The van der Waals surface area contributed by atoms with Crippen molar-refractivity contribution < 1.29 is 0 Å². The number of hydrogen-bond acceptors (Lipinski definition) is 2. The van der Waals surface area contributed by atoms with E-state index in [1.54, 1.807) is 0 Å². The third-order valence-electron chi connectivity index (χ3n) is 4.13. The Hall–Kier alpha value is -0.380. The van der Waals surface area contributed by atoms with Crippen LogP contribution in [0, 0.1) is 5.92 Å². The first kappa shape index (κ1) is 15.0. The first-order chi connectivity index (χ1) is 9.06. The van der Waals surface area contributed by atoms with Crippen LogP contribution in [0.5, 0.6) is 0 Å². The second-order valence-corrected chi connectivity index (χ2v) is 6.91. The topological polar surface area (TPSA) is 15.3 Å². The Balaban J connectivity index is 2.04. The van der Waals surface area contributed by atoms with Gasteiger partial charge in [-0.15, -0.1) is 0 Å². The summed E-state index contributed by atoms with van der Waals surface area (Å²) in [5.74, 6) is 0.692. The van der Waals surface area contributed by atoms with Gasteiger partial charge >= 0.3 is 0 Å². The smallest absolute Gasteiger partial charge is 0.0237 e. The Morgan fingerprint density at radius 3 is 2.63 bits per heavy atom. The normalized spacial score (nSPS) is 25.5. The third-order valence-corrected chi connectivity index (χ3v) is 4.66. The summed E-state index contributed by atoms with van der Waals surface area (Å²) in [7, 11) is 0. The maximum Gasteiger partial charge on any atom is 0.0237 e. The largest absolute Gasteiger partial charge is 0.312 e. The van der Waals surface area contributed by atoms with Crippen molar-refractivity contribution in [3.63, 3.8) is 0 Å². The number of halogens is 1. The van der Waals surface area contributed by atoms with Crippen LogP contribution in [0.2, 0.25) is 0 Å². The maximum atomic E-state index is 3.69. The van der Waals surface area contributed by atoms with Crippen molar-refractivity contribution in [1.29, 1.82) is 0 Å². The van der Waals surface area contributed by atoms with Gasteiger partial charge in [0.05, 0.1) is 0 Å². The van der Waals surface area contributed by atoms with Gasteiger partial charge < -0.3 is 5.32 Å². The van der Waals surface area contributed by atoms with Gasteiger partial charge in [-0.2, -0.15) is 0 Å². The molecule has 1 fully saturated rings. The van der Waals surface area contributed by atoms with Gasteiger partial charge in [0.2, 0.25) is 0 Å². The summed E-state index contributed by atoms with van der Waals surface area (Å²) in [6.45, 7) is 10.3. The van der Waals surface area contributed by atoms with Crippen LogP contribution in [0.4, 0.5) is 0 Å². The summed E-state index contributed by atoms with van der Waals surface area (Å²) in [6, 6.07) is 9.98. The van der Waals surface area contributed by atoms with Crippen LogP contribution in [0.25, 0.3) is 0 Å². The van der Waals surface area contributed by atoms with Crippen LogP contribution in [0.3, 0.4) is 0 Å². The van der Waals surface area contributed by atoms with E-state index in [0.29, 0.717) is 18.0 Å². The monoisotopic (exact) mass is 324 g/mol. The lowest BCUT2D eigenvalue weighted by atomic mass is 10.0. The molecule has 1 aliphatic heterocycles. The molecule has 2 atom stereocenters. The predicted octanol–water partition coefficient (Wildman–Crippen LogP) is 3.66. The molecule has 0 aromatic heterocycles. The third kappa shape index (κ3) is 4.30. The molecule has 1 saturated heterocycles. The molecule has 2 nitrogen and oxygen atoms in total. The van der Waals surface area contributed by atoms with Crippen LogP contribution in [-0.2, 0) is 6.54 Å². The molecule has 1 aromatic carbocycles. The van der Waals surface area contributed by atoms with Gasteiger partial charge in [0.1, 0.15) is 0 Å². The van der Waals surface area contributed by atoms with E-state index in [1.807, 2.05) is 0 Å². The molecule has 0 amide bonds. The minimum atomic E-state index is 0.611. The average molecular weight is 325 g/mol. The highest BCUT2D eigenvalue weighted by Gasteiger charge is 2.24. The van der Waals surface area contributed by atoms with Crippen molar-refractivity contribution in [3.8, 4) is 0 Å². The fraction of sp³-hybridized carbons (Fsp3) is 0.625. The highest BCUT2D eigenvalue weighted by molar-refractivity contribution is 9.10. The molecule has 0 spiro atoms. The molecule has 2 rings (SSSR count). The fourth-order valence-corrected chi connectivity index (χ4v) is 2.91. The van der Waals surface area contributed by atoms with E-state index in [2.05, 4.69) is 71.2 Å². The maximum absolute atomic E-state index is 3.69. The average Bonchev–Trinajstić information content (AvgIpc) is 2.55. The molecule has 106 valence electrons. The van der Waals surface area contributed by atoms with Crippen LogP contribution in [0.1, 0.15) is 32.8 Å². The summed E-state index contributed by atoms with van der Waals surface area (Å²) in [5.41, 5.74) is 1.40. The minimum Gasteiger partial charge on any atom is -0.312 e. The van der Waals surface area contributed by atoms with Crippen molar-refractivity contribution in [1.82, 2.24) is 10.2 Å². The van der Waals surface area contributed by atoms with Crippen molar-refractivity contribution >= 4 is 15.9 Å². The summed E-state index contributed by atoms with van der Waals surface area (Å²) >= 11 is 3.50. The van der Waals surface area contributed by atoms with Crippen molar-refractivity contribution in [2.75, 3.05) is 13.1 Å². The van der Waals surface area contributed by atoms with E-state index >= 15 is 0 Å². The van der Waals surface area contributed by atoms with Crippen molar-refractivity contribution in [2.24, 2.45) is 5.92 Å². The minimum absolute atomic E-state index is 0.611. The van der Waals surface area contributed by atoms with Crippen molar-refractivity contribution in [2.45, 2.75) is 45.8 Å². The van der Waals surface area contributed by atoms with E-state index < -0.39 is 0 Å². The zero-order chi connectivity index (χ0) is 13.8. The van der Waals surface area contributed by atoms with Crippen LogP contribution in [-0.4, -0.2) is 30.1 Å². The zero-order valence-electron chi connectivity index (χ0n) is 12.2. The molecule has 0 aliphatic carbocycles. The first-order valence-corrected chi connectivity index (χ1v) is 8.07. The van der Waals surface area contributed by atoms with E-state index in [4.69, 9.17) is 0 Å². The van der Waals surface area contributed by atoms with Crippen molar-refractivity contribution in [3.05, 3.63) is 34.3 Å². The lowest BCUT2D eigenvalue weighted by Crippen LogP contribution is -2.42. The van der Waals surface area contributed by atoms with Gasteiger partial charge in [-0.05, 0) is 43.5 Å². The molecule has 1 aromatic rings. The van der Waals surface area contributed by atoms with Gasteiger partial charge in [0.15, 0.2) is 0 Å². The number of rotatable bonds is 3. The predicted molar refractivity (Wildman–Crippen MR) is 85.3 cm³/mol. The quantitative estimate of drug-likeness (QED) is 0.912. The number of nitrogens with zero attached hydrogens (tertiary/aromatic N) is 1. The molecule has 1 heterocycles. The molecule has 0 bridgehead atoms. The molecule has 2 unspecified atom stereocenters. The molecule has 1 aliphatic rings. The second kappa shape index (κ2) is 6.87. The highest BCUT2D eigenvalue weighted by Crippen LogP contribution is 2.18. The first-order valence-electron chi connectivity index (χ1n) is 7.28. The van der Waals surface area contributed by atoms with Gasteiger partial charge in [-0.1, -0.05) is 41.9 Å². The number of hydrogen-bond donors (Lipinski definition) is 1. The lowest BCUT2D eigenvalue weighted by molar-refractivity contribution is 0.184. The van der Waals surface area contributed by atoms with Gasteiger partial charge in [-0.25, -0.2) is 0 Å². The number of nitrogens with one attached hydrogen (secondary N) is 1. The molecule has 1 N–H and O–H groups in total. The molecule has 19 heavy (non-hydrogen) atoms. The van der Waals surface area contributed by atoms with E-state index in [1.165, 1.54) is 12.0 Å². The molecular formula is C16H25BrN2. The molecular weight excluding hydrogens is 300 g/mol. The number of benzene rings is 1. The summed E-state index contributed by atoms with van der Waals surface area (Å²) < 4.78 is 1.15. The molecule has 0 radical (unpaired) electrons. The standard InChI is InChI=1S/C16H25BrN2/c1-12(2)16-11-19(13(3)8-9-18-16)10-14-4-6-15(17)7-5-14/h4-7,12-13,16,18H,8-11H2,1-3H3. The van der Waals surface area contributed by atoms with Gasteiger partial charge in [0, 0.05) is 29.6 Å². The van der Waals surface area contributed by atoms with E-state index in [-0.39, 0.29) is 0 Å². The highest BCUT2D eigenvalue weighted by atomic mass is 79.9. The van der Waals surface area contributed by atoms with E-state index in [9.17, 15) is 0 Å². The SMILES string of the molecule is CC(C)C1CN(Cc2ccc(Br)cc2)C(C)CCN1. The Labute approximate surface area is 125 Å². The van der Waals surface area contributed by atoms with Gasteiger partial charge in [-0.3, -0.25) is 4.90 Å². The Morgan fingerprint density at radius 2 is 2.00 bits per heavy atom.